The fourth-order valence-corrected chi connectivity index (χ4v) is 3.68. The molecule has 1 fully saturated rings. The van der Waals surface area contributed by atoms with E-state index in [4.69, 9.17) is 23.8 Å². The van der Waals surface area contributed by atoms with Gasteiger partial charge in [-0.2, -0.15) is 0 Å². The summed E-state index contributed by atoms with van der Waals surface area (Å²) in [5.41, 5.74) is 3.11. The summed E-state index contributed by atoms with van der Waals surface area (Å²) < 4.78 is 0. The maximum atomic E-state index is 6.18. The molecule has 1 heterocycles. The zero-order chi connectivity index (χ0) is 16.3. The molecule has 3 nitrogen and oxygen atoms in total. The highest BCUT2D eigenvalue weighted by Crippen LogP contribution is 2.38. The van der Waals surface area contributed by atoms with Gasteiger partial charge in [-0.25, -0.2) is 0 Å². The average Bonchev–Trinajstić information content (AvgIpc) is 3.01. The van der Waals surface area contributed by atoms with Crippen molar-refractivity contribution in [2.45, 2.75) is 38.1 Å². The molecule has 0 saturated heterocycles. The van der Waals surface area contributed by atoms with Crippen molar-refractivity contribution in [3.05, 3.63) is 58.9 Å². The van der Waals surface area contributed by atoms with Crippen LogP contribution in [0.5, 0.6) is 0 Å². The molecule has 0 spiro atoms. The van der Waals surface area contributed by atoms with Crippen LogP contribution in [0.1, 0.15) is 36.8 Å². The van der Waals surface area contributed by atoms with Crippen LogP contribution in [0.15, 0.2) is 42.7 Å². The standard InChI is InChI=1S/C18H20ClN3S/c1-13-4-5-15(12-16(13)19)21-17(23)22-18(8-2-3-9-18)14-6-10-20-11-7-14/h4-7,10-12H,2-3,8-9H2,1H3,(H2,21,22,23). The van der Waals surface area contributed by atoms with Crippen LogP contribution in [-0.4, -0.2) is 10.1 Å². The number of pyridine rings is 1. The summed E-state index contributed by atoms with van der Waals surface area (Å²) in [6.45, 7) is 1.99. The van der Waals surface area contributed by atoms with Gasteiger partial charge < -0.3 is 10.6 Å². The molecule has 0 unspecified atom stereocenters. The smallest absolute Gasteiger partial charge is 0.171 e. The van der Waals surface area contributed by atoms with Gasteiger partial charge in [-0.3, -0.25) is 4.98 Å². The Balaban J connectivity index is 1.75. The molecule has 0 radical (unpaired) electrons. The van der Waals surface area contributed by atoms with Crippen LogP contribution < -0.4 is 10.6 Å². The number of benzene rings is 1. The molecule has 5 heteroatoms. The molecule has 2 aromatic rings. The van der Waals surface area contributed by atoms with Crippen LogP contribution in [0.3, 0.4) is 0 Å². The van der Waals surface area contributed by atoms with Crippen molar-refractivity contribution < 1.29 is 0 Å². The molecule has 1 aliphatic carbocycles. The number of hydrogen-bond acceptors (Lipinski definition) is 2. The fourth-order valence-electron chi connectivity index (χ4n) is 3.19. The quantitative estimate of drug-likeness (QED) is 0.783. The number of thiocarbonyl (C=S) groups is 1. The number of hydrogen-bond donors (Lipinski definition) is 2. The minimum Gasteiger partial charge on any atom is -0.353 e. The summed E-state index contributed by atoms with van der Waals surface area (Å²) in [4.78, 5) is 4.12. The Morgan fingerprint density at radius 1 is 1.17 bits per heavy atom. The second-order valence-corrected chi connectivity index (χ2v) is 6.88. The van der Waals surface area contributed by atoms with Crippen molar-refractivity contribution >= 4 is 34.6 Å². The summed E-state index contributed by atoms with van der Waals surface area (Å²) in [7, 11) is 0. The van der Waals surface area contributed by atoms with Gasteiger partial charge in [0.25, 0.3) is 0 Å². The third kappa shape index (κ3) is 3.65. The SMILES string of the molecule is Cc1ccc(NC(=S)NC2(c3ccncc3)CCCC2)cc1Cl. The van der Waals surface area contributed by atoms with Gasteiger partial charge in [0.1, 0.15) is 0 Å². The number of nitrogens with one attached hydrogen (secondary N) is 2. The van der Waals surface area contributed by atoms with Crippen molar-refractivity contribution in [1.29, 1.82) is 0 Å². The molecule has 0 aliphatic heterocycles. The first-order valence-corrected chi connectivity index (χ1v) is 8.63. The van der Waals surface area contributed by atoms with E-state index in [1.807, 2.05) is 37.5 Å². The van der Waals surface area contributed by atoms with E-state index in [0.29, 0.717) is 5.11 Å². The van der Waals surface area contributed by atoms with Gasteiger partial charge in [0, 0.05) is 23.1 Å². The summed E-state index contributed by atoms with van der Waals surface area (Å²) in [6, 6.07) is 10.0. The van der Waals surface area contributed by atoms with Gasteiger partial charge in [0.15, 0.2) is 5.11 Å². The van der Waals surface area contributed by atoms with Crippen molar-refractivity contribution in [2.24, 2.45) is 0 Å². The van der Waals surface area contributed by atoms with Crippen LogP contribution in [-0.2, 0) is 5.54 Å². The van der Waals surface area contributed by atoms with Crippen LogP contribution in [0.4, 0.5) is 5.69 Å². The molecule has 0 bridgehead atoms. The average molecular weight is 346 g/mol. The maximum absolute atomic E-state index is 6.18. The highest BCUT2D eigenvalue weighted by molar-refractivity contribution is 7.80. The third-order valence-corrected chi connectivity index (χ3v) is 5.08. The van der Waals surface area contributed by atoms with E-state index in [1.165, 1.54) is 18.4 Å². The summed E-state index contributed by atoms with van der Waals surface area (Å²) in [6.07, 6.45) is 8.24. The molecule has 1 saturated carbocycles. The first-order chi connectivity index (χ1) is 11.1. The lowest BCUT2D eigenvalue weighted by atomic mass is 9.89. The summed E-state index contributed by atoms with van der Waals surface area (Å²) in [5.74, 6) is 0. The number of aryl methyl sites for hydroxylation is 1. The lowest BCUT2D eigenvalue weighted by Crippen LogP contribution is -2.45. The molecule has 1 aromatic carbocycles. The van der Waals surface area contributed by atoms with E-state index in [-0.39, 0.29) is 5.54 Å². The molecule has 0 atom stereocenters. The van der Waals surface area contributed by atoms with Crippen molar-refractivity contribution in [2.75, 3.05) is 5.32 Å². The maximum Gasteiger partial charge on any atom is 0.171 e. The monoisotopic (exact) mass is 345 g/mol. The van der Waals surface area contributed by atoms with Gasteiger partial charge in [-0.1, -0.05) is 30.5 Å². The Kier molecular flexibility index (Phi) is 4.83. The van der Waals surface area contributed by atoms with Gasteiger partial charge in [0.2, 0.25) is 0 Å². The van der Waals surface area contributed by atoms with E-state index < -0.39 is 0 Å². The van der Waals surface area contributed by atoms with E-state index in [1.54, 1.807) is 0 Å². The van der Waals surface area contributed by atoms with E-state index in [9.17, 15) is 0 Å². The highest BCUT2D eigenvalue weighted by Gasteiger charge is 2.36. The predicted octanol–water partition coefficient (Wildman–Crippen LogP) is 4.80. The number of rotatable bonds is 3. The minimum absolute atomic E-state index is 0.0957. The lowest BCUT2D eigenvalue weighted by Gasteiger charge is -2.32. The molecule has 1 aliphatic rings. The topological polar surface area (TPSA) is 37.0 Å². The molecular weight excluding hydrogens is 326 g/mol. The Morgan fingerprint density at radius 2 is 1.87 bits per heavy atom. The van der Waals surface area contributed by atoms with Crippen molar-refractivity contribution in [1.82, 2.24) is 10.3 Å². The second kappa shape index (κ2) is 6.85. The molecule has 0 amide bonds. The Hall–Kier alpha value is -1.65. The predicted molar refractivity (Wildman–Crippen MR) is 99.9 cm³/mol. The highest BCUT2D eigenvalue weighted by atomic mass is 35.5. The van der Waals surface area contributed by atoms with Crippen LogP contribution >= 0.6 is 23.8 Å². The molecular formula is C18H20ClN3S. The number of anilines is 1. The first kappa shape index (κ1) is 16.2. The lowest BCUT2D eigenvalue weighted by molar-refractivity contribution is 0.408. The summed E-state index contributed by atoms with van der Waals surface area (Å²) in [5, 5.41) is 8.16. The van der Waals surface area contributed by atoms with E-state index in [2.05, 4.69) is 27.8 Å². The fraction of sp³-hybridized carbons (Fsp3) is 0.333. The third-order valence-electron chi connectivity index (χ3n) is 4.47. The molecule has 120 valence electrons. The largest absolute Gasteiger partial charge is 0.353 e. The number of nitrogens with zero attached hydrogens (tertiary/aromatic N) is 1. The van der Waals surface area contributed by atoms with Crippen molar-refractivity contribution in [3.63, 3.8) is 0 Å². The van der Waals surface area contributed by atoms with E-state index in [0.717, 1.165) is 29.1 Å². The normalized spacial score (nSPS) is 16.1. The molecule has 2 N–H and O–H groups in total. The van der Waals surface area contributed by atoms with Gasteiger partial charge in [0.05, 0.1) is 5.54 Å². The van der Waals surface area contributed by atoms with E-state index >= 15 is 0 Å². The second-order valence-electron chi connectivity index (χ2n) is 6.07. The summed E-state index contributed by atoms with van der Waals surface area (Å²) >= 11 is 11.7. The van der Waals surface area contributed by atoms with Crippen LogP contribution in [0, 0.1) is 6.92 Å². The minimum atomic E-state index is -0.0957. The zero-order valence-corrected chi connectivity index (χ0v) is 14.7. The Bertz CT molecular complexity index is 697. The van der Waals surface area contributed by atoms with Gasteiger partial charge in [-0.05, 0) is 67.4 Å². The van der Waals surface area contributed by atoms with Gasteiger partial charge in [-0.15, -0.1) is 0 Å². The molecule has 23 heavy (non-hydrogen) atoms. The zero-order valence-electron chi connectivity index (χ0n) is 13.1. The van der Waals surface area contributed by atoms with Crippen LogP contribution in [0.25, 0.3) is 0 Å². The molecule has 3 rings (SSSR count). The van der Waals surface area contributed by atoms with Crippen molar-refractivity contribution in [3.8, 4) is 0 Å². The first-order valence-electron chi connectivity index (χ1n) is 7.85. The Morgan fingerprint density at radius 3 is 2.52 bits per heavy atom. The van der Waals surface area contributed by atoms with Crippen LogP contribution in [0.2, 0.25) is 5.02 Å². The Labute approximate surface area is 147 Å². The van der Waals surface area contributed by atoms with Gasteiger partial charge >= 0.3 is 0 Å². The molecule has 1 aromatic heterocycles. The number of halogens is 1. The number of aromatic nitrogens is 1.